The molecule has 16 heavy (non-hydrogen) atoms. The van der Waals surface area contributed by atoms with Gasteiger partial charge in [0.2, 0.25) is 0 Å². The molecule has 0 fully saturated rings. The van der Waals surface area contributed by atoms with Crippen LogP contribution in [0, 0.1) is 12.7 Å². The average Bonchev–Trinajstić information content (AvgIpc) is 2.22. The van der Waals surface area contributed by atoms with Gasteiger partial charge in [-0.3, -0.25) is 0 Å². The summed E-state index contributed by atoms with van der Waals surface area (Å²) >= 11 is 0. The maximum Gasteiger partial charge on any atom is 0.132 e. The third kappa shape index (κ3) is 2.28. The number of nitrogens with zero attached hydrogens (tertiary/aromatic N) is 1. The number of benzene rings is 1. The molecule has 0 aliphatic carbocycles. The maximum atomic E-state index is 12.9. The number of halogens is 1. The Balaban J connectivity index is 2.27. The zero-order chi connectivity index (χ0) is 11.5. The molecule has 0 amide bonds. The van der Waals surface area contributed by atoms with Crippen LogP contribution < -0.4 is 11.1 Å². The fraction of sp³-hybridized carbons (Fsp3) is 0.0833. The van der Waals surface area contributed by atoms with Gasteiger partial charge in [-0.15, -0.1) is 0 Å². The van der Waals surface area contributed by atoms with Crippen molar-refractivity contribution >= 4 is 17.3 Å². The fourth-order valence-electron chi connectivity index (χ4n) is 1.43. The molecule has 0 unspecified atom stereocenters. The zero-order valence-electron chi connectivity index (χ0n) is 8.87. The molecule has 0 aliphatic rings. The van der Waals surface area contributed by atoms with Crippen molar-refractivity contribution in [3.63, 3.8) is 0 Å². The van der Waals surface area contributed by atoms with E-state index in [0.29, 0.717) is 11.6 Å². The van der Waals surface area contributed by atoms with E-state index >= 15 is 0 Å². The first-order valence-electron chi connectivity index (χ1n) is 4.91. The van der Waals surface area contributed by atoms with Crippen LogP contribution in [0.5, 0.6) is 0 Å². The molecule has 0 saturated heterocycles. The Morgan fingerprint density at radius 1 is 1.25 bits per heavy atom. The topological polar surface area (TPSA) is 50.9 Å². The summed E-state index contributed by atoms with van der Waals surface area (Å²) in [6.45, 7) is 1.83. The van der Waals surface area contributed by atoms with Gasteiger partial charge >= 0.3 is 0 Å². The first-order chi connectivity index (χ1) is 7.65. The van der Waals surface area contributed by atoms with Crippen LogP contribution in [0.1, 0.15) is 5.56 Å². The quantitative estimate of drug-likeness (QED) is 0.813. The second-order valence-electron chi connectivity index (χ2n) is 3.53. The zero-order valence-corrected chi connectivity index (χ0v) is 8.87. The van der Waals surface area contributed by atoms with Crippen LogP contribution in [0.2, 0.25) is 0 Å². The van der Waals surface area contributed by atoms with Crippen LogP contribution in [0.15, 0.2) is 36.4 Å². The highest BCUT2D eigenvalue weighted by atomic mass is 19.1. The van der Waals surface area contributed by atoms with Crippen LogP contribution in [0.4, 0.5) is 21.7 Å². The smallest absolute Gasteiger partial charge is 0.132 e. The summed E-state index contributed by atoms with van der Waals surface area (Å²) in [7, 11) is 0. The summed E-state index contributed by atoms with van der Waals surface area (Å²) in [4.78, 5) is 4.10. The molecule has 82 valence electrons. The fourth-order valence-corrected chi connectivity index (χ4v) is 1.43. The van der Waals surface area contributed by atoms with E-state index in [0.717, 1.165) is 11.3 Å². The molecular weight excluding hydrogens is 205 g/mol. The molecule has 0 saturated carbocycles. The maximum absolute atomic E-state index is 12.9. The van der Waals surface area contributed by atoms with E-state index in [2.05, 4.69) is 10.3 Å². The minimum atomic E-state index is -0.247. The summed E-state index contributed by atoms with van der Waals surface area (Å²) in [6, 6.07) is 9.87. The Hall–Kier alpha value is -2.10. The minimum Gasteiger partial charge on any atom is -0.384 e. The first-order valence-corrected chi connectivity index (χ1v) is 4.91. The molecule has 1 aromatic heterocycles. The summed E-state index contributed by atoms with van der Waals surface area (Å²) in [5.74, 6) is 0.850. The van der Waals surface area contributed by atoms with Gasteiger partial charge in [-0.25, -0.2) is 9.37 Å². The van der Waals surface area contributed by atoms with Gasteiger partial charge in [-0.1, -0.05) is 6.07 Å². The molecule has 2 aromatic rings. The number of nitrogens with one attached hydrogen (secondary N) is 1. The summed E-state index contributed by atoms with van der Waals surface area (Å²) in [6.07, 6.45) is 0. The Labute approximate surface area is 93.1 Å². The molecule has 1 heterocycles. The molecule has 0 bridgehead atoms. The molecule has 0 aliphatic heterocycles. The van der Waals surface area contributed by atoms with Gasteiger partial charge in [-0.2, -0.15) is 0 Å². The summed E-state index contributed by atoms with van der Waals surface area (Å²) < 4.78 is 12.9. The lowest BCUT2D eigenvalue weighted by Crippen LogP contribution is -1.98. The second-order valence-corrected chi connectivity index (χ2v) is 3.53. The van der Waals surface area contributed by atoms with Gasteiger partial charge in [0.1, 0.15) is 17.5 Å². The van der Waals surface area contributed by atoms with Crippen molar-refractivity contribution in [2.24, 2.45) is 0 Å². The number of nitrogen functional groups attached to an aromatic ring is 1. The Bertz CT molecular complexity index is 511. The van der Waals surface area contributed by atoms with Crippen molar-refractivity contribution in [1.82, 2.24) is 4.98 Å². The highest BCUT2D eigenvalue weighted by molar-refractivity contribution is 5.61. The Morgan fingerprint density at radius 2 is 2.06 bits per heavy atom. The van der Waals surface area contributed by atoms with Gasteiger partial charge in [0.15, 0.2) is 0 Å². The van der Waals surface area contributed by atoms with Crippen molar-refractivity contribution < 1.29 is 4.39 Å². The van der Waals surface area contributed by atoms with Crippen LogP contribution in [-0.2, 0) is 0 Å². The predicted octanol–water partition coefficient (Wildman–Crippen LogP) is 2.85. The van der Waals surface area contributed by atoms with Crippen molar-refractivity contribution in [3.05, 3.63) is 47.8 Å². The molecule has 2 rings (SSSR count). The van der Waals surface area contributed by atoms with Gasteiger partial charge in [0.25, 0.3) is 0 Å². The van der Waals surface area contributed by atoms with Gasteiger partial charge in [0, 0.05) is 5.69 Å². The standard InChI is InChI=1S/C12H12FN3/c1-8-7-9(13)5-6-10(8)15-12-4-2-3-11(14)16-12/h2-7H,1H3,(H3,14,15,16). The Morgan fingerprint density at radius 3 is 2.75 bits per heavy atom. The van der Waals surface area contributed by atoms with E-state index in [1.165, 1.54) is 12.1 Å². The van der Waals surface area contributed by atoms with Crippen LogP contribution in [0.3, 0.4) is 0 Å². The van der Waals surface area contributed by atoms with E-state index in [1.54, 1.807) is 18.2 Å². The molecule has 3 nitrogen and oxygen atoms in total. The highest BCUT2D eigenvalue weighted by Gasteiger charge is 2.01. The predicted molar refractivity (Wildman–Crippen MR) is 63.1 cm³/mol. The summed E-state index contributed by atoms with van der Waals surface area (Å²) in [5, 5.41) is 3.08. The molecule has 0 radical (unpaired) electrons. The molecule has 1 aromatic carbocycles. The first kappa shape index (κ1) is 10.4. The number of nitrogens with two attached hydrogens (primary N) is 1. The lowest BCUT2D eigenvalue weighted by Gasteiger charge is -2.08. The van der Waals surface area contributed by atoms with Gasteiger partial charge in [-0.05, 0) is 42.8 Å². The monoisotopic (exact) mass is 217 g/mol. The summed E-state index contributed by atoms with van der Waals surface area (Å²) in [5.41, 5.74) is 7.21. The third-order valence-corrected chi connectivity index (χ3v) is 2.22. The van der Waals surface area contributed by atoms with Crippen molar-refractivity contribution in [2.45, 2.75) is 6.92 Å². The van der Waals surface area contributed by atoms with Crippen molar-refractivity contribution in [3.8, 4) is 0 Å². The average molecular weight is 217 g/mol. The largest absolute Gasteiger partial charge is 0.384 e. The van der Waals surface area contributed by atoms with E-state index in [9.17, 15) is 4.39 Å². The number of aromatic nitrogens is 1. The lowest BCUT2D eigenvalue weighted by molar-refractivity contribution is 0.627. The number of aryl methyl sites for hydroxylation is 1. The minimum absolute atomic E-state index is 0.247. The van der Waals surface area contributed by atoms with E-state index in [4.69, 9.17) is 5.73 Å². The Kier molecular flexibility index (Phi) is 2.72. The van der Waals surface area contributed by atoms with Gasteiger partial charge in [0.05, 0.1) is 0 Å². The van der Waals surface area contributed by atoms with E-state index in [1.807, 2.05) is 13.0 Å². The molecule has 3 N–H and O–H groups in total. The van der Waals surface area contributed by atoms with E-state index in [-0.39, 0.29) is 5.82 Å². The van der Waals surface area contributed by atoms with Crippen LogP contribution in [0.25, 0.3) is 0 Å². The second kappa shape index (κ2) is 4.18. The molecular formula is C12H12FN3. The van der Waals surface area contributed by atoms with Gasteiger partial charge < -0.3 is 11.1 Å². The number of rotatable bonds is 2. The number of pyridine rings is 1. The SMILES string of the molecule is Cc1cc(F)ccc1Nc1cccc(N)n1. The number of hydrogen-bond acceptors (Lipinski definition) is 3. The lowest BCUT2D eigenvalue weighted by atomic mass is 10.2. The molecule has 4 heteroatoms. The number of hydrogen-bond donors (Lipinski definition) is 2. The third-order valence-electron chi connectivity index (χ3n) is 2.22. The van der Waals surface area contributed by atoms with E-state index < -0.39 is 0 Å². The molecule has 0 spiro atoms. The highest BCUT2D eigenvalue weighted by Crippen LogP contribution is 2.20. The molecule has 0 atom stereocenters. The van der Waals surface area contributed by atoms with Crippen molar-refractivity contribution in [1.29, 1.82) is 0 Å². The number of anilines is 3. The normalized spacial score (nSPS) is 10.1. The van der Waals surface area contributed by atoms with Crippen LogP contribution in [-0.4, -0.2) is 4.98 Å². The van der Waals surface area contributed by atoms with Crippen molar-refractivity contribution in [2.75, 3.05) is 11.1 Å². The van der Waals surface area contributed by atoms with Crippen LogP contribution >= 0.6 is 0 Å².